The number of carbonyl (C=O) groups excluding carboxylic acids is 1. The second kappa shape index (κ2) is 7.05. The lowest BCUT2D eigenvalue weighted by Crippen LogP contribution is -2.44. The van der Waals surface area contributed by atoms with Crippen LogP contribution in [0, 0.1) is 13.8 Å². The highest BCUT2D eigenvalue weighted by atomic mass is 16.2. The zero-order valence-electron chi connectivity index (χ0n) is 14.6. The molecule has 1 aliphatic heterocycles. The van der Waals surface area contributed by atoms with Gasteiger partial charge in [-0.1, -0.05) is 0 Å². The van der Waals surface area contributed by atoms with Crippen molar-refractivity contribution in [3.63, 3.8) is 0 Å². The second-order valence-corrected chi connectivity index (χ2v) is 6.47. The van der Waals surface area contributed by atoms with E-state index < -0.39 is 0 Å². The summed E-state index contributed by atoms with van der Waals surface area (Å²) in [4.78, 5) is 16.9. The lowest BCUT2D eigenvalue weighted by Gasteiger charge is -2.34. The SMILES string of the molecule is Cc1cc(C)n(CC(=O)Nc2ccc(N3CCN(C)CC3)cc2)n1. The molecule has 6 heteroatoms. The Morgan fingerprint density at radius 1 is 1.12 bits per heavy atom. The fourth-order valence-corrected chi connectivity index (χ4v) is 2.99. The minimum atomic E-state index is -0.0615. The Labute approximate surface area is 143 Å². The summed E-state index contributed by atoms with van der Waals surface area (Å²) < 4.78 is 1.73. The molecule has 1 amide bonds. The molecule has 0 unspecified atom stereocenters. The van der Waals surface area contributed by atoms with Crippen LogP contribution in [0.2, 0.25) is 0 Å². The Morgan fingerprint density at radius 2 is 1.79 bits per heavy atom. The molecule has 0 atom stereocenters. The molecule has 2 aromatic rings. The van der Waals surface area contributed by atoms with E-state index in [2.05, 4.69) is 39.4 Å². The van der Waals surface area contributed by atoms with Crippen molar-refractivity contribution >= 4 is 17.3 Å². The Hall–Kier alpha value is -2.34. The minimum absolute atomic E-state index is 0.0615. The van der Waals surface area contributed by atoms with E-state index in [-0.39, 0.29) is 12.5 Å². The highest BCUT2D eigenvalue weighted by Crippen LogP contribution is 2.19. The number of hydrogen-bond donors (Lipinski definition) is 1. The molecule has 0 saturated carbocycles. The Balaban J connectivity index is 1.57. The van der Waals surface area contributed by atoms with E-state index in [0.29, 0.717) is 0 Å². The summed E-state index contributed by atoms with van der Waals surface area (Å²) in [6, 6.07) is 10.0. The zero-order chi connectivity index (χ0) is 17.1. The smallest absolute Gasteiger partial charge is 0.246 e. The van der Waals surface area contributed by atoms with E-state index in [1.807, 2.05) is 32.0 Å². The molecule has 1 aromatic carbocycles. The van der Waals surface area contributed by atoms with Crippen molar-refractivity contribution < 1.29 is 4.79 Å². The third-order valence-corrected chi connectivity index (χ3v) is 4.42. The number of rotatable bonds is 4. The molecule has 3 rings (SSSR count). The second-order valence-electron chi connectivity index (χ2n) is 6.47. The predicted molar refractivity (Wildman–Crippen MR) is 96.5 cm³/mol. The van der Waals surface area contributed by atoms with Crippen LogP contribution in [0.1, 0.15) is 11.4 Å². The molecular formula is C18H25N5O. The summed E-state index contributed by atoms with van der Waals surface area (Å²) in [5.41, 5.74) is 3.95. The molecule has 24 heavy (non-hydrogen) atoms. The monoisotopic (exact) mass is 327 g/mol. The van der Waals surface area contributed by atoms with Crippen LogP contribution in [0.15, 0.2) is 30.3 Å². The Morgan fingerprint density at radius 3 is 2.38 bits per heavy atom. The van der Waals surface area contributed by atoms with Crippen LogP contribution in [0.3, 0.4) is 0 Å². The van der Waals surface area contributed by atoms with Crippen molar-refractivity contribution in [2.45, 2.75) is 20.4 Å². The molecule has 0 bridgehead atoms. The van der Waals surface area contributed by atoms with Gasteiger partial charge in [0.25, 0.3) is 0 Å². The summed E-state index contributed by atoms with van der Waals surface area (Å²) in [7, 11) is 2.15. The highest BCUT2D eigenvalue weighted by molar-refractivity contribution is 5.90. The van der Waals surface area contributed by atoms with Crippen LogP contribution < -0.4 is 10.2 Å². The van der Waals surface area contributed by atoms with Gasteiger partial charge in [0.15, 0.2) is 0 Å². The molecule has 2 heterocycles. The number of anilines is 2. The first-order valence-corrected chi connectivity index (χ1v) is 8.36. The van der Waals surface area contributed by atoms with Gasteiger partial charge in [0, 0.05) is 43.2 Å². The summed E-state index contributed by atoms with van der Waals surface area (Å²) in [5.74, 6) is -0.0615. The Bertz CT molecular complexity index is 699. The number of likely N-dealkylation sites (N-methyl/N-ethyl adjacent to an activating group) is 1. The molecule has 1 fully saturated rings. The lowest BCUT2D eigenvalue weighted by molar-refractivity contribution is -0.116. The molecule has 1 saturated heterocycles. The molecule has 0 aliphatic carbocycles. The summed E-state index contributed by atoms with van der Waals surface area (Å²) >= 11 is 0. The maximum absolute atomic E-state index is 12.2. The van der Waals surface area contributed by atoms with Gasteiger partial charge in [-0.05, 0) is 51.2 Å². The molecule has 1 aliphatic rings. The number of benzene rings is 1. The molecular weight excluding hydrogens is 302 g/mol. The van der Waals surface area contributed by atoms with E-state index in [4.69, 9.17) is 0 Å². The number of hydrogen-bond acceptors (Lipinski definition) is 4. The quantitative estimate of drug-likeness (QED) is 0.932. The van der Waals surface area contributed by atoms with Gasteiger partial charge in [0.1, 0.15) is 6.54 Å². The molecule has 128 valence electrons. The number of nitrogens with zero attached hydrogens (tertiary/aromatic N) is 4. The van der Waals surface area contributed by atoms with E-state index >= 15 is 0 Å². The maximum Gasteiger partial charge on any atom is 0.246 e. The lowest BCUT2D eigenvalue weighted by atomic mass is 10.2. The number of nitrogens with one attached hydrogen (secondary N) is 1. The van der Waals surface area contributed by atoms with Crippen LogP contribution in [0.25, 0.3) is 0 Å². The molecule has 1 N–H and O–H groups in total. The number of piperazine rings is 1. The van der Waals surface area contributed by atoms with Crippen molar-refractivity contribution in [3.8, 4) is 0 Å². The number of aryl methyl sites for hydroxylation is 2. The van der Waals surface area contributed by atoms with Gasteiger partial charge in [-0.2, -0.15) is 5.10 Å². The number of aromatic nitrogens is 2. The maximum atomic E-state index is 12.2. The standard InChI is InChI=1S/C18H25N5O/c1-14-12-15(2)23(20-14)13-18(24)19-16-4-6-17(7-5-16)22-10-8-21(3)9-11-22/h4-7,12H,8-11,13H2,1-3H3,(H,19,24). The fraction of sp³-hybridized carbons (Fsp3) is 0.444. The Kier molecular flexibility index (Phi) is 4.85. The molecule has 0 radical (unpaired) electrons. The van der Waals surface area contributed by atoms with Gasteiger partial charge < -0.3 is 15.1 Å². The molecule has 0 spiro atoms. The van der Waals surface area contributed by atoms with Crippen molar-refractivity contribution in [1.82, 2.24) is 14.7 Å². The van der Waals surface area contributed by atoms with E-state index in [9.17, 15) is 4.79 Å². The third-order valence-electron chi connectivity index (χ3n) is 4.42. The van der Waals surface area contributed by atoms with Crippen molar-refractivity contribution in [2.75, 3.05) is 43.4 Å². The summed E-state index contributed by atoms with van der Waals surface area (Å²) in [6.45, 7) is 8.37. The van der Waals surface area contributed by atoms with Gasteiger partial charge in [0.2, 0.25) is 5.91 Å². The van der Waals surface area contributed by atoms with Gasteiger partial charge in [-0.25, -0.2) is 0 Å². The van der Waals surface area contributed by atoms with Crippen LogP contribution in [0.4, 0.5) is 11.4 Å². The van der Waals surface area contributed by atoms with Crippen LogP contribution in [-0.4, -0.2) is 53.8 Å². The fourth-order valence-electron chi connectivity index (χ4n) is 2.99. The average molecular weight is 327 g/mol. The van der Waals surface area contributed by atoms with Gasteiger partial charge in [-0.3, -0.25) is 9.48 Å². The zero-order valence-corrected chi connectivity index (χ0v) is 14.6. The minimum Gasteiger partial charge on any atom is -0.369 e. The predicted octanol–water partition coefficient (Wildman–Crippen LogP) is 1.89. The topological polar surface area (TPSA) is 53.4 Å². The van der Waals surface area contributed by atoms with Crippen LogP contribution in [-0.2, 0) is 11.3 Å². The largest absolute Gasteiger partial charge is 0.369 e. The first-order chi connectivity index (χ1) is 11.5. The first-order valence-electron chi connectivity index (χ1n) is 8.36. The average Bonchev–Trinajstić information content (AvgIpc) is 2.86. The number of amides is 1. The van der Waals surface area contributed by atoms with Crippen LogP contribution >= 0.6 is 0 Å². The first kappa shape index (κ1) is 16.5. The van der Waals surface area contributed by atoms with Crippen LogP contribution in [0.5, 0.6) is 0 Å². The van der Waals surface area contributed by atoms with Gasteiger partial charge in [-0.15, -0.1) is 0 Å². The van der Waals surface area contributed by atoms with Gasteiger partial charge in [0.05, 0.1) is 5.69 Å². The molecule has 6 nitrogen and oxygen atoms in total. The van der Waals surface area contributed by atoms with E-state index in [0.717, 1.165) is 43.3 Å². The van der Waals surface area contributed by atoms with Crippen molar-refractivity contribution in [1.29, 1.82) is 0 Å². The normalized spacial score (nSPS) is 15.5. The summed E-state index contributed by atoms with van der Waals surface area (Å²) in [6.07, 6.45) is 0. The number of carbonyl (C=O) groups is 1. The summed E-state index contributed by atoms with van der Waals surface area (Å²) in [5, 5.41) is 7.26. The highest BCUT2D eigenvalue weighted by Gasteiger charge is 2.14. The van der Waals surface area contributed by atoms with Crippen molar-refractivity contribution in [3.05, 3.63) is 41.7 Å². The van der Waals surface area contributed by atoms with Crippen molar-refractivity contribution in [2.24, 2.45) is 0 Å². The van der Waals surface area contributed by atoms with Gasteiger partial charge >= 0.3 is 0 Å². The van der Waals surface area contributed by atoms with E-state index in [1.54, 1.807) is 4.68 Å². The molecule has 1 aromatic heterocycles. The van der Waals surface area contributed by atoms with E-state index in [1.165, 1.54) is 5.69 Å². The third kappa shape index (κ3) is 3.94.